The molecular formula is C12H16N2O2S. The molecule has 1 N–H and O–H groups in total. The highest BCUT2D eigenvalue weighted by atomic mass is 32.2. The number of aliphatic hydroxyl groups is 1. The summed E-state index contributed by atoms with van der Waals surface area (Å²) in [6.07, 6.45) is 3.15. The van der Waals surface area contributed by atoms with Crippen molar-refractivity contribution < 1.29 is 5.11 Å². The zero-order valence-electron chi connectivity index (χ0n) is 9.63. The Bertz CT molecular complexity index is 486. The number of hydrogen-bond donors (Lipinski definition) is 1. The predicted octanol–water partition coefficient (Wildman–Crippen LogP) is 1.12. The van der Waals surface area contributed by atoms with Crippen molar-refractivity contribution in [2.24, 2.45) is 0 Å². The Morgan fingerprint density at radius 3 is 3.12 bits per heavy atom. The van der Waals surface area contributed by atoms with Gasteiger partial charge in [-0.1, -0.05) is 0 Å². The van der Waals surface area contributed by atoms with Crippen LogP contribution in [0.4, 0.5) is 0 Å². The van der Waals surface area contributed by atoms with Gasteiger partial charge in [-0.15, -0.1) is 0 Å². The summed E-state index contributed by atoms with van der Waals surface area (Å²) in [6, 6.07) is 1.60. The summed E-state index contributed by atoms with van der Waals surface area (Å²) < 4.78 is 1.52. The third-order valence-corrected chi connectivity index (χ3v) is 4.63. The maximum atomic E-state index is 12.0. The summed E-state index contributed by atoms with van der Waals surface area (Å²) in [7, 11) is 0. The van der Waals surface area contributed by atoms with Crippen LogP contribution in [0, 0.1) is 0 Å². The molecule has 3 rings (SSSR count). The Morgan fingerprint density at radius 1 is 1.47 bits per heavy atom. The number of aryl methyl sites for hydroxylation is 1. The number of nitrogens with zero attached hydrogens (tertiary/aromatic N) is 2. The summed E-state index contributed by atoms with van der Waals surface area (Å²) in [5, 5.41) is 14.3. The van der Waals surface area contributed by atoms with Crippen molar-refractivity contribution >= 4 is 11.8 Å². The zero-order valence-corrected chi connectivity index (χ0v) is 10.4. The van der Waals surface area contributed by atoms with Gasteiger partial charge in [0.2, 0.25) is 0 Å². The van der Waals surface area contributed by atoms with E-state index in [1.165, 1.54) is 4.68 Å². The second kappa shape index (κ2) is 4.46. The molecule has 92 valence electrons. The lowest BCUT2D eigenvalue weighted by atomic mass is 10.1. The molecule has 1 aromatic heterocycles. The molecule has 1 fully saturated rings. The summed E-state index contributed by atoms with van der Waals surface area (Å²) in [4.78, 5) is 12.0. The maximum absolute atomic E-state index is 12.0. The van der Waals surface area contributed by atoms with Gasteiger partial charge in [0.25, 0.3) is 5.56 Å². The van der Waals surface area contributed by atoms with Gasteiger partial charge in [0.15, 0.2) is 0 Å². The van der Waals surface area contributed by atoms with Gasteiger partial charge in [-0.05, 0) is 30.6 Å². The number of aliphatic hydroxyl groups excluding tert-OH is 1. The molecule has 0 radical (unpaired) electrons. The van der Waals surface area contributed by atoms with Crippen LogP contribution in [-0.2, 0) is 12.2 Å². The van der Waals surface area contributed by atoms with Crippen molar-refractivity contribution in [3.05, 3.63) is 27.7 Å². The molecule has 0 amide bonds. The van der Waals surface area contributed by atoms with Crippen LogP contribution in [0.1, 0.15) is 36.6 Å². The van der Waals surface area contributed by atoms with Crippen molar-refractivity contribution in [1.82, 2.24) is 9.78 Å². The molecule has 17 heavy (non-hydrogen) atoms. The first-order chi connectivity index (χ1) is 8.25. The fraction of sp³-hybridized carbons (Fsp3) is 0.667. The first-order valence-electron chi connectivity index (χ1n) is 6.13. The summed E-state index contributed by atoms with van der Waals surface area (Å²) in [5.74, 6) is 1.97. The molecule has 0 bridgehead atoms. The first-order valence-corrected chi connectivity index (χ1v) is 7.28. The van der Waals surface area contributed by atoms with Gasteiger partial charge >= 0.3 is 0 Å². The second-order valence-electron chi connectivity index (χ2n) is 4.77. The molecule has 0 spiro atoms. The van der Waals surface area contributed by atoms with E-state index in [0.29, 0.717) is 0 Å². The van der Waals surface area contributed by atoms with E-state index in [-0.39, 0.29) is 11.6 Å². The fourth-order valence-corrected chi connectivity index (χ4v) is 3.62. The zero-order chi connectivity index (χ0) is 11.8. The lowest BCUT2D eigenvalue weighted by molar-refractivity contribution is 0.127. The minimum absolute atomic E-state index is 0.0581. The molecule has 0 saturated heterocycles. The maximum Gasteiger partial charge on any atom is 0.267 e. The normalized spacial score (nSPS) is 28.1. The topological polar surface area (TPSA) is 55.1 Å². The van der Waals surface area contributed by atoms with E-state index in [1.54, 1.807) is 6.07 Å². The van der Waals surface area contributed by atoms with Crippen LogP contribution in [0.2, 0.25) is 0 Å². The van der Waals surface area contributed by atoms with E-state index in [2.05, 4.69) is 5.10 Å². The molecule has 5 heteroatoms. The molecule has 2 aliphatic rings. The standard InChI is InChI=1S/C12H16N2O2S/c15-11-3-1-2-10(11)14-12(16)6-8-7-17-5-4-9(8)13-14/h6,10-11,15H,1-5,7H2. The third kappa shape index (κ3) is 2.02. The largest absolute Gasteiger partial charge is 0.391 e. The van der Waals surface area contributed by atoms with Gasteiger partial charge < -0.3 is 5.11 Å². The minimum atomic E-state index is -0.406. The fourth-order valence-electron chi connectivity index (χ4n) is 2.67. The van der Waals surface area contributed by atoms with Gasteiger partial charge in [0.05, 0.1) is 17.8 Å². The summed E-state index contributed by atoms with van der Waals surface area (Å²) in [5.41, 5.74) is 2.06. The quantitative estimate of drug-likeness (QED) is 0.813. The molecule has 2 unspecified atom stereocenters. The van der Waals surface area contributed by atoms with E-state index in [1.807, 2.05) is 11.8 Å². The Balaban J connectivity index is 2.02. The van der Waals surface area contributed by atoms with Crippen LogP contribution < -0.4 is 5.56 Å². The molecule has 4 nitrogen and oxygen atoms in total. The van der Waals surface area contributed by atoms with Crippen LogP contribution in [-0.4, -0.2) is 26.7 Å². The number of rotatable bonds is 1. The highest BCUT2D eigenvalue weighted by Crippen LogP contribution is 2.29. The van der Waals surface area contributed by atoms with Crippen molar-refractivity contribution in [3.63, 3.8) is 0 Å². The molecule has 2 atom stereocenters. The molecule has 1 aliphatic heterocycles. The van der Waals surface area contributed by atoms with Crippen LogP contribution in [0.5, 0.6) is 0 Å². The van der Waals surface area contributed by atoms with Gasteiger partial charge in [-0.25, -0.2) is 4.68 Å². The smallest absolute Gasteiger partial charge is 0.267 e. The van der Waals surface area contributed by atoms with E-state index < -0.39 is 6.10 Å². The van der Waals surface area contributed by atoms with Crippen LogP contribution in [0.25, 0.3) is 0 Å². The molecule has 2 heterocycles. The summed E-state index contributed by atoms with van der Waals surface area (Å²) in [6.45, 7) is 0. The van der Waals surface area contributed by atoms with Crippen molar-refractivity contribution in [3.8, 4) is 0 Å². The first kappa shape index (κ1) is 11.3. The Labute approximate surface area is 104 Å². The Morgan fingerprint density at radius 2 is 2.35 bits per heavy atom. The van der Waals surface area contributed by atoms with Crippen LogP contribution >= 0.6 is 11.8 Å². The van der Waals surface area contributed by atoms with E-state index in [0.717, 1.165) is 48.4 Å². The van der Waals surface area contributed by atoms with Crippen molar-refractivity contribution in [2.45, 2.75) is 43.6 Å². The van der Waals surface area contributed by atoms with Crippen LogP contribution in [0.15, 0.2) is 10.9 Å². The Hall–Kier alpha value is -0.810. The highest BCUT2D eigenvalue weighted by molar-refractivity contribution is 7.98. The molecule has 1 aliphatic carbocycles. The monoisotopic (exact) mass is 252 g/mol. The number of fused-ring (bicyclic) bond motifs is 1. The van der Waals surface area contributed by atoms with Crippen LogP contribution in [0.3, 0.4) is 0 Å². The molecular weight excluding hydrogens is 236 g/mol. The predicted molar refractivity (Wildman–Crippen MR) is 67.3 cm³/mol. The summed E-state index contributed by atoms with van der Waals surface area (Å²) >= 11 is 1.85. The average molecular weight is 252 g/mol. The average Bonchev–Trinajstić information content (AvgIpc) is 2.74. The van der Waals surface area contributed by atoms with Crippen molar-refractivity contribution in [1.29, 1.82) is 0 Å². The van der Waals surface area contributed by atoms with E-state index in [4.69, 9.17) is 0 Å². The van der Waals surface area contributed by atoms with Gasteiger partial charge in [0, 0.05) is 18.2 Å². The number of thioether (sulfide) groups is 1. The SMILES string of the molecule is O=c1cc2c(nn1C1CCCC1O)CCSC2. The number of hydrogen-bond acceptors (Lipinski definition) is 4. The van der Waals surface area contributed by atoms with Gasteiger partial charge in [-0.2, -0.15) is 16.9 Å². The highest BCUT2D eigenvalue weighted by Gasteiger charge is 2.29. The molecule has 0 aromatic carbocycles. The van der Waals surface area contributed by atoms with E-state index >= 15 is 0 Å². The third-order valence-electron chi connectivity index (χ3n) is 3.62. The Kier molecular flexibility index (Phi) is 2.96. The second-order valence-corrected chi connectivity index (χ2v) is 5.87. The van der Waals surface area contributed by atoms with E-state index in [9.17, 15) is 9.90 Å². The lowest BCUT2D eigenvalue weighted by Gasteiger charge is -2.20. The van der Waals surface area contributed by atoms with Gasteiger partial charge in [0.1, 0.15) is 0 Å². The lowest BCUT2D eigenvalue weighted by Crippen LogP contribution is -2.33. The van der Waals surface area contributed by atoms with Gasteiger partial charge in [-0.3, -0.25) is 4.79 Å². The molecule has 1 saturated carbocycles. The van der Waals surface area contributed by atoms with Crippen molar-refractivity contribution in [2.75, 3.05) is 5.75 Å². The minimum Gasteiger partial charge on any atom is -0.391 e. The molecule has 1 aromatic rings. The number of aromatic nitrogens is 2.